The van der Waals surface area contributed by atoms with Crippen molar-refractivity contribution in [2.24, 2.45) is 0 Å². The maximum atomic E-state index is 12.3. The van der Waals surface area contributed by atoms with Crippen molar-refractivity contribution >= 4 is 33.7 Å². The van der Waals surface area contributed by atoms with Crippen LogP contribution in [0.1, 0.15) is 10.7 Å². The number of anilines is 1. The van der Waals surface area contributed by atoms with Gasteiger partial charge in [0.05, 0.1) is 27.5 Å². The van der Waals surface area contributed by atoms with Crippen molar-refractivity contribution in [3.63, 3.8) is 0 Å². The lowest BCUT2D eigenvalue weighted by Gasteiger charge is -2.01. The van der Waals surface area contributed by atoms with Crippen molar-refractivity contribution in [2.45, 2.75) is 20.4 Å². The van der Waals surface area contributed by atoms with Gasteiger partial charge in [-0.3, -0.25) is 14.5 Å². The van der Waals surface area contributed by atoms with Crippen LogP contribution in [0.2, 0.25) is 0 Å². The summed E-state index contributed by atoms with van der Waals surface area (Å²) in [6.45, 7) is 4.06. The maximum Gasteiger partial charge on any atom is 0.247 e. The third-order valence-electron chi connectivity index (χ3n) is 3.82. The summed E-state index contributed by atoms with van der Waals surface area (Å²) in [6, 6.07) is 3.82. The fourth-order valence-electron chi connectivity index (χ4n) is 2.64. The minimum absolute atomic E-state index is 0.119. The highest BCUT2D eigenvalue weighted by Gasteiger charge is 2.13. The monoisotopic (exact) mass is 396 g/mol. The topological polar surface area (TPSA) is 85.6 Å². The van der Waals surface area contributed by atoms with Crippen molar-refractivity contribution in [3.8, 4) is 21.7 Å². The lowest BCUT2D eigenvalue weighted by Crippen LogP contribution is -2.18. The van der Waals surface area contributed by atoms with Crippen LogP contribution in [0.4, 0.5) is 5.13 Å². The number of hydrogen-bond acceptors (Lipinski definition) is 7. The molecule has 0 atom stereocenters. The van der Waals surface area contributed by atoms with Gasteiger partial charge in [-0.05, 0) is 19.9 Å². The average Bonchev–Trinajstić information content (AvgIpc) is 3.36. The molecule has 136 valence electrons. The fourth-order valence-corrected chi connectivity index (χ4v) is 4.32. The van der Waals surface area contributed by atoms with E-state index < -0.39 is 0 Å². The molecule has 4 heterocycles. The summed E-state index contributed by atoms with van der Waals surface area (Å²) < 4.78 is 1.60. The second-order valence-corrected chi connectivity index (χ2v) is 7.96. The van der Waals surface area contributed by atoms with E-state index in [9.17, 15) is 4.79 Å². The number of carbonyl (C=O) groups is 1. The van der Waals surface area contributed by atoms with E-state index in [0.717, 1.165) is 32.4 Å². The van der Waals surface area contributed by atoms with Crippen LogP contribution in [-0.4, -0.2) is 30.6 Å². The summed E-state index contributed by atoms with van der Waals surface area (Å²) in [7, 11) is 0. The first-order valence-electron chi connectivity index (χ1n) is 8.21. The molecule has 27 heavy (non-hydrogen) atoms. The highest BCUT2D eigenvalue weighted by Crippen LogP contribution is 2.32. The molecule has 0 unspecified atom stereocenters. The van der Waals surface area contributed by atoms with Gasteiger partial charge in [0.2, 0.25) is 5.91 Å². The highest BCUT2D eigenvalue weighted by molar-refractivity contribution is 7.16. The number of pyridine rings is 1. The normalized spacial score (nSPS) is 10.9. The van der Waals surface area contributed by atoms with Gasteiger partial charge in [-0.1, -0.05) is 6.07 Å². The van der Waals surface area contributed by atoms with Gasteiger partial charge >= 0.3 is 0 Å². The molecular formula is C18H16N6OS2. The summed E-state index contributed by atoms with van der Waals surface area (Å²) in [6.07, 6.45) is 7.04. The number of nitrogens with one attached hydrogen (secondary N) is 1. The van der Waals surface area contributed by atoms with Crippen LogP contribution >= 0.6 is 22.7 Å². The van der Waals surface area contributed by atoms with Gasteiger partial charge in [-0.2, -0.15) is 5.10 Å². The predicted molar refractivity (Wildman–Crippen MR) is 107 cm³/mol. The molecule has 0 bridgehead atoms. The Hall–Kier alpha value is -2.91. The zero-order valence-electron chi connectivity index (χ0n) is 14.7. The van der Waals surface area contributed by atoms with Crippen molar-refractivity contribution in [1.29, 1.82) is 0 Å². The standard InChI is InChI=1S/C18H16N6OS2/c1-11-17(27-12(2)21-11)15-10-26-18(22-15)23-16(25)9-24-8-14(7-20-24)13-4-3-5-19-6-13/h3-8,10H,9H2,1-2H3,(H,22,23,25). The van der Waals surface area contributed by atoms with Gasteiger partial charge in [-0.25, -0.2) is 9.97 Å². The Morgan fingerprint density at radius 2 is 2.11 bits per heavy atom. The minimum Gasteiger partial charge on any atom is -0.300 e. The number of carbonyl (C=O) groups excluding carboxylic acids is 1. The molecule has 0 aliphatic rings. The molecule has 0 saturated heterocycles. The lowest BCUT2D eigenvalue weighted by atomic mass is 10.2. The number of aromatic nitrogens is 5. The minimum atomic E-state index is -0.172. The Morgan fingerprint density at radius 3 is 2.85 bits per heavy atom. The van der Waals surface area contributed by atoms with E-state index in [4.69, 9.17) is 0 Å². The smallest absolute Gasteiger partial charge is 0.247 e. The SMILES string of the molecule is Cc1nc(C)c(-c2csc(NC(=O)Cn3cc(-c4cccnc4)cn3)n2)s1. The van der Waals surface area contributed by atoms with Gasteiger partial charge in [0, 0.05) is 35.1 Å². The van der Waals surface area contributed by atoms with Crippen LogP contribution in [0.15, 0.2) is 42.3 Å². The van der Waals surface area contributed by atoms with Gasteiger partial charge in [-0.15, -0.1) is 22.7 Å². The first kappa shape index (κ1) is 17.5. The molecule has 7 nitrogen and oxygen atoms in total. The van der Waals surface area contributed by atoms with Gasteiger partial charge in [0.1, 0.15) is 6.54 Å². The van der Waals surface area contributed by atoms with Crippen molar-refractivity contribution in [2.75, 3.05) is 5.32 Å². The van der Waals surface area contributed by atoms with Gasteiger partial charge < -0.3 is 5.32 Å². The van der Waals surface area contributed by atoms with Crippen molar-refractivity contribution in [1.82, 2.24) is 24.7 Å². The molecule has 4 aromatic rings. The summed E-state index contributed by atoms with van der Waals surface area (Å²) in [5.74, 6) is -0.172. The predicted octanol–water partition coefficient (Wildman–Crippen LogP) is 3.78. The third-order valence-corrected chi connectivity index (χ3v) is 5.67. The van der Waals surface area contributed by atoms with E-state index in [-0.39, 0.29) is 12.5 Å². The number of rotatable bonds is 5. The third kappa shape index (κ3) is 3.93. The molecule has 0 fully saturated rings. The Balaban J connectivity index is 1.42. The molecule has 1 amide bonds. The Bertz CT molecular complexity index is 1080. The first-order valence-corrected chi connectivity index (χ1v) is 9.91. The van der Waals surface area contributed by atoms with Crippen molar-refractivity contribution in [3.05, 3.63) is 53.0 Å². The summed E-state index contributed by atoms with van der Waals surface area (Å²) in [5, 5.41) is 10.6. The molecule has 0 radical (unpaired) electrons. The number of hydrogen-bond donors (Lipinski definition) is 1. The molecule has 0 aliphatic heterocycles. The van der Waals surface area contributed by atoms with E-state index in [1.54, 1.807) is 34.6 Å². The van der Waals surface area contributed by atoms with E-state index in [1.807, 2.05) is 37.6 Å². The van der Waals surface area contributed by atoms with Crippen LogP contribution in [0.5, 0.6) is 0 Å². The van der Waals surface area contributed by atoms with Crippen molar-refractivity contribution < 1.29 is 4.79 Å². The number of nitrogens with zero attached hydrogens (tertiary/aromatic N) is 5. The summed E-state index contributed by atoms with van der Waals surface area (Å²) >= 11 is 3.01. The first-order chi connectivity index (χ1) is 13.1. The van der Waals surface area contributed by atoms with Gasteiger partial charge in [0.15, 0.2) is 5.13 Å². The molecule has 0 spiro atoms. The van der Waals surface area contributed by atoms with Gasteiger partial charge in [0.25, 0.3) is 0 Å². The molecular weight excluding hydrogens is 380 g/mol. The van der Waals surface area contributed by atoms with Crippen LogP contribution in [0.25, 0.3) is 21.7 Å². The van der Waals surface area contributed by atoms with Crippen LogP contribution in [0.3, 0.4) is 0 Å². The van der Waals surface area contributed by atoms with Crippen LogP contribution in [-0.2, 0) is 11.3 Å². The Morgan fingerprint density at radius 1 is 1.22 bits per heavy atom. The van der Waals surface area contributed by atoms with E-state index in [2.05, 4.69) is 25.4 Å². The molecule has 0 aliphatic carbocycles. The number of thiazole rings is 2. The molecule has 0 aromatic carbocycles. The molecule has 1 N–H and O–H groups in total. The van der Waals surface area contributed by atoms with E-state index in [1.165, 1.54) is 11.3 Å². The average molecular weight is 397 g/mol. The van der Waals surface area contributed by atoms with E-state index in [0.29, 0.717) is 5.13 Å². The second-order valence-electron chi connectivity index (χ2n) is 5.90. The zero-order valence-corrected chi connectivity index (χ0v) is 16.3. The Labute approximate surface area is 163 Å². The second kappa shape index (κ2) is 7.37. The van der Waals surface area contributed by atoms with Crippen LogP contribution in [0, 0.1) is 13.8 Å². The molecule has 4 rings (SSSR count). The summed E-state index contributed by atoms with van der Waals surface area (Å²) in [4.78, 5) is 26.4. The zero-order chi connectivity index (χ0) is 18.8. The molecule has 9 heteroatoms. The largest absolute Gasteiger partial charge is 0.300 e. The molecule has 4 aromatic heterocycles. The highest BCUT2D eigenvalue weighted by atomic mass is 32.1. The number of amides is 1. The fraction of sp³-hybridized carbons (Fsp3) is 0.167. The molecule has 0 saturated carbocycles. The Kier molecular flexibility index (Phi) is 4.78. The lowest BCUT2D eigenvalue weighted by molar-refractivity contribution is -0.116. The number of aryl methyl sites for hydroxylation is 2. The van der Waals surface area contributed by atoms with E-state index >= 15 is 0 Å². The summed E-state index contributed by atoms with van der Waals surface area (Å²) in [5.41, 5.74) is 3.68. The maximum absolute atomic E-state index is 12.3. The quantitative estimate of drug-likeness (QED) is 0.555. The van der Waals surface area contributed by atoms with Crippen LogP contribution < -0.4 is 5.32 Å².